The summed E-state index contributed by atoms with van der Waals surface area (Å²) in [5.41, 5.74) is 0. The van der Waals surface area contributed by atoms with Gasteiger partial charge in [0, 0.05) is 1.37 Å². The molecule has 1 rings (SSSR count). The van der Waals surface area contributed by atoms with Crippen molar-refractivity contribution in [3.63, 3.8) is 0 Å². The van der Waals surface area contributed by atoms with Gasteiger partial charge in [-0.05, 0) is 6.90 Å². The van der Waals surface area contributed by atoms with Gasteiger partial charge in [0.1, 0.15) is 24.4 Å². The van der Waals surface area contributed by atoms with Crippen molar-refractivity contribution < 1.29 is 31.6 Å². The average molecular weight is 195 g/mol. The van der Waals surface area contributed by atoms with Crippen molar-refractivity contribution in [1.82, 2.24) is 0 Å². The molecule has 5 N–H and O–H groups in total. The fourth-order valence-corrected chi connectivity index (χ4v) is 1.21. The smallest absolute Gasteiger partial charge is 0.184 e. The van der Waals surface area contributed by atoms with Crippen molar-refractivity contribution in [3.05, 3.63) is 0 Å². The lowest BCUT2D eigenvalue weighted by molar-refractivity contribution is -0.295. The monoisotopic (exact) mass is 195 g/mol. The molecule has 0 aliphatic carbocycles. The van der Waals surface area contributed by atoms with E-state index in [1.807, 2.05) is 0 Å². The van der Waals surface area contributed by atoms with E-state index in [-0.39, 0.29) is 0 Å². The van der Waals surface area contributed by atoms with Crippen LogP contribution in [-0.2, 0) is 4.74 Å². The molecular formula is C7H14O6. The number of ether oxygens (including phenoxy) is 1. The van der Waals surface area contributed by atoms with Gasteiger partial charge in [-0.1, -0.05) is 0 Å². The van der Waals surface area contributed by atoms with Crippen molar-refractivity contribution in [2.24, 2.45) is 0 Å². The Morgan fingerprint density at radius 1 is 1.15 bits per heavy atom. The van der Waals surface area contributed by atoms with Gasteiger partial charge >= 0.3 is 0 Å². The molecule has 0 aromatic carbocycles. The van der Waals surface area contributed by atoms with Crippen LogP contribution in [0, 0.1) is 0 Å². The Morgan fingerprint density at radius 3 is 2.31 bits per heavy atom. The number of rotatable bonds is 1. The van der Waals surface area contributed by atoms with Crippen LogP contribution in [0.4, 0.5) is 0 Å². The fraction of sp³-hybridized carbons (Fsp3) is 1.00. The SMILES string of the molecule is [2H]CC(O)[C@H]1OC(O)[C@H](O)[C@@H](O)[C@@H]1O. The molecule has 0 bridgehead atoms. The van der Waals surface area contributed by atoms with Crippen LogP contribution in [0.3, 0.4) is 0 Å². The lowest BCUT2D eigenvalue weighted by Gasteiger charge is -2.39. The van der Waals surface area contributed by atoms with E-state index in [2.05, 4.69) is 4.74 Å². The minimum atomic E-state index is -1.67. The summed E-state index contributed by atoms with van der Waals surface area (Å²) in [6.45, 7) is -0.433. The quantitative estimate of drug-likeness (QED) is 0.308. The molecule has 1 aliphatic heterocycles. The van der Waals surface area contributed by atoms with Crippen LogP contribution in [0.5, 0.6) is 0 Å². The maximum atomic E-state index is 9.34. The van der Waals surface area contributed by atoms with Gasteiger partial charge in [0.2, 0.25) is 0 Å². The average Bonchev–Trinajstić information content (AvgIpc) is 2.19. The number of aliphatic hydroxyl groups is 5. The molecule has 0 amide bonds. The van der Waals surface area contributed by atoms with Crippen molar-refractivity contribution in [2.45, 2.75) is 43.7 Å². The first-order valence-corrected chi connectivity index (χ1v) is 3.84. The van der Waals surface area contributed by atoms with Crippen molar-refractivity contribution >= 4 is 0 Å². The summed E-state index contributed by atoms with van der Waals surface area (Å²) in [7, 11) is 0. The number of hydrogen-bond donors (Lipinski definition) is 5. The maximum absolute atomic E-state index is 9.34. The Labute approximate surface area is 76.4 Å². The molecule has 0 saturated carbocycles. The lowest BCUT2D eigenvalue weighted by atomic mass is 9.96. The molecule has 6 atom stereocenters. The molecular weight excluding hydrogens is 180 g/mol. The van der Waals surface area contributed by atoms with Crippen LogP contribution in [0.1, 0.15) is 8.27 Å². The second-order valence-corrected chi connectivity index (χ2v) is 3.03. The Morgan fingerprint density at radius 2 is 1.77 bits per heavy atom. The zero-order chi connectivity index (χ0) is 10.9. The number of aliphatic hydroxyl groups excluding tert-OH is 5. The van der Waals surface area contributed by atoms with Crippen molar-refractivity contribution in [3.8, 4) is 0 Å². The predicted molar refractivity (Wildman–Crippen MR) is 40.6 cm³/mol. The molecule has 0 radical (unpaired) electrons. The summed E-state index contributed by atoms with van der Waals surface area (Å²) in [5, 5.41) is 45.9. The van der Waals surface area contributed by atoms with E-state index in [4.69, 9.17) is 11.6 Å². The lowest BCUT2D eigenvalue weighted by Crippen LogP contribution is -2.60. The van der Waals surface area contributed by atoms with Crippen LogP contribution in [0.2, 0.25) is 0 Å². The highest BCUT2D eigenvalue weighted by molar-refractivity contribution is 4.90. The van der Waals surface area contributed by atoms with Crippen LogP contribution < -0.4 is 0 Å². The standard InChI is InChI=1S/C7H14O6/c1-2(8)6-4(10)3(9)5(11)7(12)13-6/h2-12H,1H3/t2?,3-,4-,5+,6+,7?/m0/s1/i1D. The highest BCUT2D eigenvalue weighted by Gasteiger charge is 2.44. The van der Waals surface area contributed by atoms with E-state index < -0.39 is 43.7 Å². The normalized spacial score (nSPS) is 49.9. The maximum Gasteiger partial charge on any atom is 0.184 e. The second-order valence-electron chi connectivity index (χ2n) is 3.03. The highest BCUT2D eigenvalue weighted by Crippen LogP contribution is 2.21. The summed E-state index contributed by atoms with van der Waals surface area (Å²) < 4.78 is 11.5. The van der Waals surface area contributed by atoms with E-state index in [9.17, 15) is 15.3 Å². The summed E-state index contributed by atoms with van der Waals surface area (Å²) in [6.07, 6.45) is -8.97. The van der Waals surface area contributed by atoms with Gasteiger partial charge in [-0.25, -0.2) is 0 Å². The van der Waals surface area contributed by atoms with Gasteiger partial charge < -0.3 is 30.3 Å². The third-order valence-electron chi connectivity index (χ3n) is 2.00. The Balaban J connectivity index is 2.70. The van der Waals surface area contributed by atoms with E-state index in [1.54, 1.807) is 0 Å². The predicted octanol–water partition coefficient (Wildman–Crippen LogP) is -2.83. The largest absolute Gasteiger partial charge is 0.391 e. The van der Waals surface area contributed by atoms with Crippen LogP contribution >= 0.6 is 0 Å². The van der Waals surface area contributed by atoms with Gasteiger partial charge in [0.25, 0.3) is 0 Å². The van der Waals surface area contributed by atoms with Gasteiger partial charge in [0.05, 0.1) is 6.10 Å². The van der Waals surface area contributed by atoms with Gasteiger partial charge in [-0.2, -0.15) is 0 Å². The van der Waals surface area contributed by atoms with Crippen molar-refractivity contribution in [1.29, 1.82) is 0 Å². The summed E-state index contributed by atoms with van der Waals surface area (Å²) in [4.78, 5) is 0. The second kappa shape index (κ2) is 3.87. The first kappa shape index (κ1) is 9.32. The first-order chi connectivity index (χ1) is 6.49. The summed E-state index contributed by atoms with van der Waals surface area (Å²) in [5.74, 6) is 0. The van der Waals surface area contributed by atoms with Crippen LogP contribution in [-0.4, -0.2) is 62.3 Å². The number of hydrogen-bond acceptors (Lipinski definition) is 6. The fourth-order valence-electron chi connectivity index (χ4n) is 1.21. The first-order valence-electron chi connectivity index (χ1n) is 4.54. The third kappa shape index (κ3) is 1.98. The molecule has 1 aliphatic rings. The Kier molecular flexibility index (Phi) is 2.77. The molecule has 78 valence electrons. The molecule has 0 spiro atoms. The molecule has 0 aromatic rings. The Bertz CT molecular complexity index is 191. The zero-order valence-electron chi connectivity index (χ0n) is 7.82. The van der Waals surface area contributed by atoms with E-state index >= 15 is 0 Å². The molecule has 2 unspecified atom stereocenters. The minimum Gasteiger partial charge on any atom is -0.391 e. The molecule has 1 heterocycles. The van der Waals surface area contributed by atoms with Gasteiger partial charge in [-0.15, -0.1) is 0 Å². The van der Waals surface area contributed by atoms with E-state index in [0.29, 0.717) is 0 Å². The van der Waals surface area contributed by atoms with Gasteiger partial charge in [0.15, 0.2) is 6.29 Å². The van der Waals surface area contributed by atoms with Gasteiger partial charge in [-0.3, -0.25) is 0 Å². The third-order valence-corrected chi connectivity index (χ3v) is 2.00. The Hall–Kier alpha value is -0.240. The van der Waals surface area contributed by atoms with Crippen LogP contribution in [0.25, 0.3) is 0 Å². The topological polar surface area (TPSA) is 110 Å². The summed E-state index contributed by atoms with van der Waals surface area (Å²) in [6, 6.07) is 0. The molecule has 6 nitrogen and oxygen atoms in total. The molecule has 6 heteroatoms. The highest BCUT2D eigenvalue weighted by atomic mass is 16.6. The molecule has 0 aromatic heterocycles. The molecule has 1 saturated heterocycles. The van der Waals surface area contributed by atoms with E-state index in [0.717, 1.165) is 0 Å². The minimum absolute atomic E-state index is 0.433. The summed E-state index contributed by atoms with van der Waals surface area (Å²) >= 11 is 0. The molecule has 1 fully saturated rings. The van der Waals surface area contributed by atoms with Crippen molar-refractivity contribution in [2.75, 3.05) is 0 Å². The van der Waals surface area contributed by atoms with E-state index in [1.165, 1.54) is 0 Å². The zero-order valence-corrected chi connectivity index (χ0v) is 6.82. The van der Waals surface area contributed by atoms with Crippen LogP contribution in [0.15, 0.2) is 0 Å². The molecule has 13 heavy (non-hydrogen) atoms.